The summed E-state index contributed by atoms with van der Waals surface area (Å²) in [5, 5.41) is 3.16. The molecule has 8 heteroatoms. The smallest absolute Gasteiger partial charge is 0.309 e. The minimum absolute atomic E-state index is 0.0455. The molecule has 3 aliphatic carbocycles. The number of amides is 2. The Balaban J connectivity index is 1.38. The monoisotopic (exact) mass is 418 g/mol. The maximum absolute atomic E-state index is 12.6. The summed E-state index contributed by atoms with van der Waals surface area (Å²) in [6.45, 7) is 1.52. The van der Waals surface area contributed by atoms with E-state index in [1.165, 1.54) is 18.3 Å². The highest BCUT2D eigenvalue weighted by molar-refractivity contribution is 7.17. The number of carbonyl (C=O) groups is 4. The molecule has 1 heterocycles. The fraction of sp³-hybridized carbons (Fsp3) is 0.619. The number of hydrogen-bond acceptors (Lipinski definition) is 6. The van der Waals surface area contributed by atoms with Gasteiger partial charge in [0, 0.05) is 16.7 Å². The van der Waals surface area contributed by atoms with Gasteiger partial charge < -0.3 is 15.8 Å². The second-order valence-electron chi connectivity index (χ2n) is 8.39. The number of carbonyl (C=O) groups excluding carboxylic acids is 4. The molecule has 4 atom stereocenters. The third kappa shape index (κ3) is 3.82. The quantitative estimate of drug-likeness (QED) is 0.713. The summed E-state index contributed by atoms with van der Waals surface area (Å²) in [6, 6.07) is 0. The zero-order chi connectivity index (χ0) is 20.7. The van der Waals surface area contributed by atoms with E-state index >= 15 is 0 Å². The van der Waals surface area contributed by atoms with Gasteiger partial charge in [-0.1, -0.05) is 6.42 Å². The number of thiophene rings is 1. The van der Waals surface area contributed by atoms with Crippen molar-refractivity contribution in [3.05, 3.63) is 16.0 Å². The van der Waals surface area contributed by atoms with E-state index in [1.807, 2.05) is 0 Å². The third-order valence-electron chi connectivity index (χ3n) is 6.45. The van der Waals surface area contributed by atoms with Crippen molar-refractivity contribution in [2.45, 2.75) is 64.4 Å². The minimum Gasteiger partial charge on any atom is -0.452 e. The molecule has 0 saturated heterocycles. The highest BCUT2D eigenvalue weighted by atomic mass is 32.1. The van der Waals surface area contributed by atoms with E-state index in [-0.39, 0.29) is 23.5 Å². The number of nitrogens with two attached hydrogens (primary N) is 1. The van der Waals surface area contributed by atoms with Crippen LogP contribution in [0.2, 0.25) is 0 Å². The molecule has 1 aromatic heterocycles. The fourth-order valence-corrected chi connectivity index (χ4v) is 6.26. The third-order valence-corrected chi connectivity index (χ3v) is 7.66. The highest BCUT2D eigenvalue weighted by Crippen LogP contribution is 2.41. The standard InChI is InChI=1S/C21H26N2O5S/c1-10(28-21(27)13-8-11-4-2-5-12(9-13)17(11)24)19(26)23-20-16(18(22)25)14-6-3-7-15(14)29-20/h10-13H,2-9H2,1H3,(H2,22,25)(H,23,26)/t10-,11-,12+,13?/m0/s1. The van der Waals surface area contributed by atoms with Gasteiger partial charge in [-0.15, -0.1) is 11.3 Å². The van der Waals surface area contributed by atoms with Crippen molar-refractivity contribution in [1.82, 2.24) is 0 Å². The van der Waals surface area contributed by atoms with Gasteiger partial charge in [-0.05, 0) is 57.4 Å². The Bertz CT molecular complexity index is 861. The summed E-state index contributed by atoms with van der Waals surface area (Å²) in [4.78, 5) is 50.3. The van der Waals surface area contributed by atoms with Gasteiger partial charge in [-0.2, -0.15) is 0 Å². The number of ether oxygens (including phenoxy) is 1. The molecule has 7 nitrogen and oxygen atoms in total. The van der Waals surface area contributed by atoms with Gasteiger partial charge in [0.15, 0.2) is 6.10 Å². The van der Waals surface area contributed by atoms with Crippen molar-refractivity contribution in [2.24, 2.45) is 23.5 Å². The predicted molar refractivity (Wildman–Crippen MR) is 108 cm³/mol. The van der Waals surface area contributed by atoms with E-state index < -0.39 is 23.9 Å². The number of hydrogen-bond donors (Lipinski definition) is 2. The predicted octanol–water partition coefficient (Wildman–Crippen LogP) is 2.60. The van der Waals surface area contributed by atoms with Gasteiger partial charge in [0.2, 0.25) is 0 Å². The van der Waals surface area contributed by atoms with Crippen molar-refractivity contribution < 1.29 is 23.9 Å². The molecule has 3 N–H and O–H groups in total. The van der Waals surface area contributed by atoms with Crippen molar-refractivity contribution in [1.29, 1.82) is 0 Å². The summed E-state index contributed by atoms with van der Waals surface area (Å²) in [7, 11) is 0. The Kier molecular flexibility index (Phi) is 5.46. The van der Waals surface area contributed by atoms with Crippen LogP contribution in [0.15, 0.2) is 0 Å². The molecule has 1 aromatic rings. The number of ketones is 1. The lowest BCUT2D eigenvalue weighted by molar-refractivity contribution is -0.161. The van der Waals surface area contributed by atoms with Crippen LogP contribution in [0.5, 0.6) is 0 Å². The van der Waals surface area contributed by atoms with Crippen molar-refractivity contribution in [2.75, 3.05) is 5.32 Å². The summed E-state index contributed by atoms with van der Waals surface area (Å²) in [5.74, 6) is -1.58. The van der Waals surface area contributed by atoms with Gasteiger partial charge in [0.25, 0.3) is 11.8 Å². The first-order valence-electron chi connectivity index (χ1n) is 10.3. The van der Waals surface area contributed by atoms with E-state index in [4.69, 9.17) is 10.5 Å². The van der Waals surface area contributed by atoms with Gasteiger partial charge in [0.1, 0.15) is 10.8 Å². The zero-order valence-corrected chi connectivity index (χ0v) is 17.3. The average molecular weight is 419 g/mol. The molecule has 0 radical (unpaired) electrons. The number of anilines is 1. The molecule has 2 saturated carbocycles. The summed E-state index contributed by atoms with van der Waals surface area (Å²) >= 11 is 1.37. The molecule has 3 aliphatic rings. The van der Waals surface area contributed by atoms with Gasteiger partial charge in [0.05, 0.1) is 11.5 Å². The Morgan fingerprint density at radius 1 is 1.14 bits per heavy atom. The topological polar surface area (TPSA) is 116 Å². The van der Waals surface area contributed by atoms with E-state index in [9.17, 15) is 19.2 Å². The number of fused-ring (bicyclic) bond motifs is 3. The van der Waals surface area contributed by atoms with Crippen LogP contribution in [-0.4, -0.2) is 29.7 Å². The number of aryl methyl sites for hydroxylation is 1. The molecular formula is C21H26N2O5S. The first-order chi connectivity index (χ1) is 13.8. The van der Waals surface area contributed by atoms with Crippen LogP contribution in [0.25, 0.3) is 0 Å². The lowest BCUT2D eigenvalue weighted by atomic mass is 9.67. The van der Waals surface area contributed by atoms with Crippen LogP contribution in [0, 0.1) is 17.8 Å². The van der Waals surface area contributed by atoms with Crippen LogP contribution < -0.4 is 11.1 Å². The molecule has 1 unspecified atom stereocenters. The van der Waals surface area contributed by atoms with Crippen molar-refractivity contribution in [3.63, 3.8) is 0 Å². The number of esters is 1. The molecule has 2 bridgehead atoms. The maximum atomic E-state index is 12.6. The van der Waals surface area contributed by atoms with Crippen LogP contribution in [-0.2, 0) is 32.0 Å². The minimum atomic E-state index is -0.988. The summed E-state index contributed by atoms with van der Waals surface area (Å²) in [5.41, 5.74) is 6.84. The Morgan fingerprint density at radius 3 is 2.48 bits per heavy atom. The van der Waals surface area contributed by atoms with Crippen LogP contribution >= 0.6 is 11.3 Å². The fourth-order valence-electron chi connectivity index (χ4n) is 4.96. The second-order valence-corrected chi connectivity index (χ2v) is 9.49. The lowest BCUT2D eigenvalue weighted by Gasteiger charge is -2.36. The summed E-state index contributed by atoms with van der Waals surface area (Å²) < 4.78 is 5.43. The van der Waals surface area contributed by atoms with E-state index in [1.54, 1.807) is 0 Å². The SMILES string of the molecule is C[C@H](OC(=O)C1C[C@H]2CCC[C@@H](C1)C2=O)C(=O)Nc1sc2c(c1C(N)=O)CCC2. The largest absolute Gasteiger partial charge is 0.452 e. The molecule has 4 rings (SSSR count). The van der Waals surface area contributed by atoms with E-state index in [0.29, 0.717) is 23.4 Å². The van der Waals surface area contributed by atoms with Crippen molar-refractivity contribution in [3.8, 4) is 0 Å². The Labute approximate surface area is 173 Å². The lowest BCUT2D eigenvalue weighted by Crippen LogP contribution is -2.41. The molecule has 29 heavy (non-hydrogen) atoms. The first-order valence-corrected chi connectivity index (χ1v) is 11.2. The molecule has 156 valence electrons. The number of rotatable bonds is 5. The number of nitrogens with one attached hydrogen (secondary N) is 1. The first kappa shape index (κ1) is 20.1. The molecule has 0 aromatic carbocycles. The van der Waals surface area contributed by atoms with Gasteiger partial charge in [-0.25, -0.2) is 0 Å². The van der Waals surface area contributed by atoms with Crippen molar-refractivity contribution >= 4 is 39.9 Å². The Morgan fingerprint density at radius 2 is 1.83 bits per heavy atom. The van der Waals surface area contributed by atoms with Crippen LogP contribution in [0.3, 0.4) is 0 Å². The molecule has 2 amide bonds. The average Bonchev–Trinajstić information content (AvgIpc) is 3.21. The molecule has 2 fully saturated rings. The maximum Gasteiger partial charge on any atom is 0.309 e. The molecule has 0 spiro atoms. The molecule has 0 aliphatic heterocycles. The van der Waals surface area contributed by atoms with Gasteiger partial charge in [-0.3, -0.25) is 19.2 Å². The van der Waals surface area contributed by atoms with E-state index in [0.717, 1.165) is 49.0 Å². The highest BCUT2D eigenvalue weighted by Gasteiger charge is 2.42. The molecular weight excluding hydrogens is 392 g/mol. The number of primary amides is 1. The van der Waals surface area contributed by atoms with Crippen LogP contribution in [0.4, 0.5) is 5.00 Å². The van der Waals surface area contributed by atoms with Gasteiger partial charge >= 0.3 is 5.97 Å². The van der Waals surface area contributed by atoms with E-state index in [2.05, 4.69) is 5.32 Å². The zero-order valence-electron chi connectivity index (χ0n) is 16.5. The normalized spacial score (nSPS) is 26.5. The summed E-state index contributed by atoms with van der Waals surface area (Å²) in [6.07, 6.45) is 5.42. The van der Waals surface area contributed by atoms with Crippen LogP contribution in [0.1, 0.15) is 66.2 Å². The number of Topliss-reactive ketones (excluding diaryl/α,β-unsaturated/α-hetero) is 1. The Hall–Kier alpha value is -2.22. The second kappa shape index (κ2) is 7.89.